The molecule has 0 radical (unpaired) electrons. The lowest BCUT2D eigenvalue weighted by molar-refractivity contribution is 0.0676. The van der Waals surface area contributed by atoms with E-state index >= 15 is 0 Å². The second-order valence-corrected chi connectivity index (χ2v) is 7.56. The maximum Gasteiger partial charge on any atom is 0.315 e. The Bertz CT molecular complexity index is 896. The van der Waals surface area contributed by atoms with Crippen LogP contribution in [0, 0.1) is 0 Å². The van der Waals surface area contributed by atoms with Gasteiger partial charge >= 0.3 is 6.03 Å². The summed E-state index contributed by atoms with van der Waals surface area (Å²) >= 11 is 1.58. The van der Waals surface area contributed by atoms with E-state index in [-0.39, 0.29) is 18.0 Å². The van der Waals surface area contributed by atoms with Crippen LogP contribution in [0.5, 0.6) is 0 Å². The highest BCUT2D eigenvalue weighted by Crippen LogP contribution is 2.21. The van der Waals surface area contributed by atoms with Crippen molar-refractivity contribution in [2.45, 2.75) is 25.4 Å². The van der Waals surface area contributed by atoms with E-state index in [0.29, 0.717) is 25.4 Å². The van der Waals surface area contributed by atoms with Gasteiger partial charge in [-0.2, -0.15) is 0 Å². The first-order valence-corrected chi connectivity index (χ1v) is 9.72. The number of rotatable bonds is 4. The van der Waals surface area contributed by atoms with E-state index in [1.54, 1.807) is 28.4 Å². The van der Waals surface area contributed by atoms with Crippen LogP contribution in [-0.2, 0) is 6.54 Å². The van der Waals surface area contributed by atoms with Gasteiger partial charge < -0.3 is 20.0 Å². The summed E-state index contributed by atoms with van der Waals surface area (Å²) in [7, 11) is 0. The minimum Gasteiger partial charge on any atom is -0.459 e. The number of carbonyl (C=O) groups is 2. The summed E-state index contributed by atoms with van der Waals surface area (Å²) in [6.07, 6.45) is 2.94. The van der Waals surface area contributed by atoms with Crippen LogP contribution in [0.2, 0.25) is 0 Å². The van der Waals surface area contributed by atoms with Crippen molar-refractivity contribution in [3.63, 3.8) is 0 Å². The molecule has 7 nitrogen and oxygen atoms in total. The van der Waals surface area contributed by atoms with Crippen LogP contribution in [0.15, 0.2) is 47.1 Å². The number of para-hydroxylation sites is 1. The summed E-state index contributed by atoms with van der Waals surface area (Å²) in [5, 5.41) is 6.73. The number of thiazole rings is 1. The lowest BCUT2D eigenvalue weighted by Crippen LogP contribution is -2.49. The monoisotopic (exact) mass is 384 g/mol. The predicted octanol–water partition coefficient (Wildman–Crippen LogP) is 2.99. The number of amides is 3. The Balaban J connectivity index is 1.23. The van der Waals surface area contributed by atoms with Crippen molar-refractivity contribution >= 4 is 33.5 Å². The fourth-order valence-corrected chi connectivity index (χ4v) is 4.08. The smallest absolute Gasteiger partial charge is 0.315 e. The average molecular weight is 384 g/mol. The number of hydrogen-bond acceptors (Lipinski definition) is 5. The van der Waals surface area contributed by atoms with Crippen LogP contribution in [-0.4, -0.2) is 41.0 Å². The molecule has 140 valence electrons. The molecule has 3 amide bonds. The third kappa shape index (κ3) is 4.11. The summed E-state index contributed by atoms with van der Waals surface area (Å²) < 4.78 is 6.27. The van der Waals surface area contributed by atoms with E-state index in [9.17, 15) is 9.59 Å². The molecule has 1 aromatic carbocycles. The van der Waals surface area contributed by atoms with Gasteiger partial charge in [0.1, 0.15) is 5.01 Å². The molecule has 1 aliphatic rings. The Kier molecular flexibility index (Phi) is 5.06. The molecule has 0 spiro atoms. The van der Waals surface area contributed by atoms with Crippen molar-refractivity contribution in [2.24, 2.45) is 0 Å². The van der Waals surface area contributed by atoms with Crippen LogP contribution in [0.25, 0.3) is 10.2 Å². The molecule has 4 rings (SSSR count). The zero-order chi connectivity index (χ0) is 18.6. The number of carbonyl (C=O) groups excluding carboxylic acids is 2. The number of aromatic nitrogens is 1. The highest BCUT2D eigenvalue weighted by molar-refractivity contribution is 7.18. The molecule has 8 heteroatoms. The van der Waals surface area contributed by atoms with Crippen LogP contribution >= 0.6 is 11.3 Å². The molecular weight excluding hydrogens is 364 g/mol. The number of piperidine rings is 1. The Hall–Kier alpha value is -2.87. The van der Waals surface area contributed by atoms with Gasteiger partial charge in [-0.25, -0.2) is 9.78 Å². The number of likely N-dealkylation sites (tertiary alicyclic amines) is 1. The lowest BCUT2D eigenvalue weighted by atomic mass is 10.1. The van der Waals surface area contributed by atoms with Gasteiger partial charge in [0, 0.05) is 19.1 Å². The first-order valence-electron chi connectivity index (χ1n) is 8.90. The van der Waals surface area contributed by atoms with E-state index in [1.165, 1.54) is 6.26 Å². The van der Waals surface area contributed by atoms with Crippen molar-refractivity contribution in [3.05, 3.63) is 53.4 Å². The van der Waals surface area contributed by atoms with Gasteiger partial charge in [-0.1, -0.05) is 12.1 Å². The number of furan rings is 1. The number of nitrogens with zero attached hydrogens (tertiary/aromatic N) is 2. The standard InChI is InChI=1S/C19H20N4O3S/c24-18(15-5-3-11-26-15)23-9-7-13(8-10-23)21-19(25)20-12-17-22-14-4-1-2-6-16(14)27-17/h1-6,11,13H,7-10,12H2,(H2,20,21,25). The SMILES string of the molecule is O=C(NCc1nc2ccccc2s1)NC1CCN(C(=O)c2ccco2)CC1. The molecule has 3 heterocycles. The van der Waals surface area contributed by atoms with Crippen LogP contribution in [0.4, 0.5) is 4.79 Å². The zero-order valence-corrected chi connectivity index (χ0v) is 15.5. The third-order valence-electron chi connectivity index (χ3n) is 4.59. The maximum atomic E-state index is 12.2. The number of hydrogen-bond donors (Lipinski definition) is 2. The molecule has 0 unspecified atom stereocenters. The van der Waals surface area contributed by atoms with Crippen LogP contribution in [0.1, 0.15) is 28.4 Å². The second-order valence-electron chi connectivity index (χ2n) is 6.45. The first-order chi connectivity index (χ1) is 13.2. The highest BCUT2D eigenvalue weighted by atomic mass is 32.1. The van der Waals surface area contributed by atoms with E-state index in [0.717, 1.165) is 28.1 Å². The normalized spacial score (nSPS) is 15.0. The molecular formula is C19H20N4O3S. The molecule has 3 aromatic rings. The van der Waals surface area contributed by atoms with Crippen molar-refractivity contribution < 1.29 is 14.0 Å². The molecule has 0 atom stereocenters. The molecule has 1 saturated heterocycles. The fraction of sp³-hybridized carbons (Fsp3) is 0.316. The van der Waals surface area contributed by atoms with E-state index in [2.05, 4.69) is 15.6 Å². The van der Waals surface area contributed by atoms with Crippen LogP contribution < -0.4 is 10.6 Å². The zero-order valence-electron chi connectivity index (χ0n) is 14.7. The summed E-state index contributed by atoms with van der Waals surface area (Å²) in [4.78, 5) is 30.7. The van der Waals surface area contributed by atoms with Gasteiger partial charge in [0.15, 0.2) is 5.76 Å². The molecule has 2 N–H and O–H groups in total. The number of benzene rings is 1. The number of fused-ring (bicyclic) bond motifs is 1. The van der Waals surface area contributed by atoms with Gasteiger partial charge in [-0.15, -0.1) is 11.3 Å². The molecule has 0 saturated carbocycles. The summed E-state index contributed by atoms with van der Waals surface area (Å²) in [5.74, 6) is 0.258. The topological polar surface area (TPSA) is 87.5 Å². The van der Waals surface area contributed by atoms with Crippen LogP contribution in [0.3, 0.4) is 0 Å². The molecule has 27 heavy (non-hydrogen) atoms. The Morgan fingerprint density at radius 3 is 2.74 bits per heavy atom. The highest BCUT2D eigenvalue weighted by Gasteiger charge is 2.25. The fourth-order valence-electron chi connectivity index (χ4n) is 3.17. The van der Waals surface area contributed by atoms with Gasteiger partial charge in [-0.05, 0) is 37.1 Å². The average Bonchev–Trinajstić information content (AvgIpc) is 3.36. The predicted molar refractivity (Wildman–Crippen MR) is 103 cm³/mol. The molecule has 0 bridgehead atoms. The quantitative estimate of drug-likeness (QED) is 0.724. The number of urea groups is 1. The molecule has 1 aliphatic heterocycles. The van der Waals surface area contributed by atoms with Crippen molar-refractivity contribution in [3.8, 4) is 0 Å². The Labute approximate surface area is 160 Å². The van der Waals surface area contributed by atoms with Crippen molar-refractivity contribution in [1.29, 1.82) is 0 Å². The molecule has 1 fully saturated rings. The molecule has 0 aliphatic carbocycles. The Morgan fingerprint density at radius 1 is 1.19 bits per heavy atom. The summed E-state index contributed by atoms with van der Waals surface area (Å²) in [5.41, 5.74) is 0.952. The van der Waals surface area contributed by atoms with Crippen molar-refractivity contribution in [2.75, 3.05) is 13.1 Å². The van der Waals surface area contributed by atoms with Crippen molar-refractivity contribution in [1.82, 2.24) is 20.5 Å². The van der Waals surface area contributed by atoms with Gasteiger partial charge in [-0.3, -0.25) is 4.79 Å². The van der Waals surface area contributed by atoms with Gasteiger partial charge in [0.25, 0.3) is 5.91 Å². The van der Waals surface area contributed by atoms with Gasteiger partial charge in [0.2, 0.25) is 0 Å². The molecule has 2 aromatic heterocycles. The maximum absolute atomic E-state index is 12.2. The van der Waals surface area contributed by atoms with E-state index < -0.39 is 0 Å². The van der Waals surface area contributed by atoms with E-state index in [4.69, 9.17) is 4.42 Å². The third-order valence-corrected chi connectivity index (χ3v) is 5.62. The second kappa shape index (κ2) is 7.79. The minimum absolute atomic E-state index is 0.0565. The minimum atomic E-state index is -0.204. The largest absolute Gasteiger partial charge is 0.459 e. The number of nitrogens with one attached hydrogen (secondary N) is 2. The van der Waals surface area contributed by atoms with Gasteiger partial charge in [0.05, 0.1) is 23.0 Å². The lowest BCUT2D eigenvalue weighted by Gasteiger charge is -2.31. The first kappa shape index (κ1) is 17.5. The summed E-state index contributed by atoms with van der Waals surface area (Å²) in [6, 6.07) is 11.1. The summed E-state index contributed by atoms with van der Waals surface area (Å²) in [6.45, 7) is 1.60. The Morgan fingerprint density at radius 2 is 2.00 bits per heavy atom. The van der Waals surface area contributed by atoms with E-state index in [1.807, 2.05) is 24.3 Å².